The number of allylic oxidation sites excluding steroid dienone is 2. The highest BCUT2D eigenvalue weighted by molar-refractivity contribution is 7.11. The molecule has 1 aromatic heterocycles. The number of carbonyl (C=O) groups is 1. The van der Waals surface area contributed by atoms with Gasteiger partial charge in [0.2, 0.25) is 0 Å². The Bertz CT molecular complexity index is 965. The zero-order valence-corrected chi connectivity index (χ0v) is 19.8. The number of likely N-dealkylation sites (tertiary alicyclic amines) is 1. The number of hydrogen-bond acceptors (Lipinski definition) is 5. The third kappa shape index (κ3) is 7.10. The first-order chi connectivity index (χ1) is 15.0. The van der Waals surface area contributed by atoms with Crippen LogP contribution in [0.2, 0.25) is 10.0 Å². The molecule has 0 atom stereocenters. The quantitative estimate of drug-likeness (QED) is 0.405. The van der Waals surface area contributed by atoms with Crippen LogP contribution in [0, 0.1) is 0 Å². The van der Waals surface area contributed by atoms with Crippen molar-refractivity contribution >= 4 is 40.4 Å². The first-order valence-electron chi connectivity index (χ1n) is 10.4. The molecule has 6 nitrogen and oxygen atoms in total. The smallest absolute Gasteiger partial charge is 0.305 e. The predicted octanol–water partition coefficient (Wildman–Crippen LogP) is 4.53. The molecule has 1 saturated heterocycles. The van der Waals surface area contributed by atoms with Gasteiger partial charge in [0.1, 0.15) is 16.7 Å². The molecule has 2 heterocycles. The highest BCUT2D eigenvalue weighted by atomic mass is 35.5. The summed E-state index contributed by atoms with van der Waals surface area (Å²) in [6.07, 6.45) is 7.28. The number of thiazole rings is 1. The van der Waals surface area contributed by atoms with Crippen molar-refractivity contribution in [3.8, 4) is 5.75 Å². The molecule has 1 aliphatic heterocycles. The Kier molecular flexibility index (Phi) is 9.02. The number of aromatic nitrogens is 1. The molecule has 1 aliphatic rings. The average Bonchev–Trinajstić information content (AvgIpc) is 3.14. The van der Waals surface area contributed by atoms with Gasteiger partial charge < -0.3 is 19.9 Å². The second-order valence-corrected chi connectivity index (χ2v) is 9.24. The van der Waals surface area contributed by atoms with Crippen LogP contribution in [0.15, 0.2) is 35.1 Å². The zero-order valence-electron chi connectivity index (χ0n) is 17.5. The molecule has 9 heteroatoms. The van der Waals surface area contributed by atoms with Gasteiger partial charge in [-0.15, -0.1) is 0 Å². The van der Waals surface area contributed by atoms with Crippen LogP contribution in [0.1, 0.15) is 41.6 Å². The van der Waals surface area contributed by atoms with Gasteiger partial charge in [0.05, 0.1) is 10.0 Å². The van der Waals surface area contributed by atoms with Crippen LogP contribution in [-0.2, 0) is 6.42 Å². The molecule has 0 unspecified atom stereocenters. The third-order valence-corrected chi connectivity index (χ3v) is 6.81. The van der Waals surface area contributed by atoms with Crippen LogP contribution in [-0.4, -0.2) is 48.1 Å². The van der Waals surface area contributed by atoms with Gasteiger partial charge in [-0.25, -0.2) is 0 Å². The summed E-state index contributed by atoms with van der Waals surface area (Å²) in [5, 5.41) is 3.96. The minimum Gasteiger partial charge on any atom is -0.490 e. The number of amides is 1. The van der Waals surface area contributed by atoms with E-state index in [0.29, 0.717) is 33.6 Å². The Morgan fingerprint density at radius 1 is 1.32 bits per heavy atom. The van der Waals surface area contributed by atoms with E-state index in [1.54, 1.807) is 12.1 Å². The number of H-pyrrole nitrogens is 1. The third-order valence-electron chi connectivity index (χ3n) is 5.15. The number of aromatic amines is 1. The van der Waals surface area contributed by atoms with E-state index in [4.69, 9.17) is 27.9 Å². The van der Waals surface area contributed by atoms with Crippen LogP contribution >= 0.6 is 34.5 Å². The summed E-state index contributed by atoms with van der Waals surface area (Å²) in [5.41, 5.74) is 0.676. The Balaban J connectivity index is 1.36. The van der Waals surface area contributed by atoms with E-state index in [0.717, 1.165) is 56.0 Å². The summed E-state index contributed by atoms with van der Waals surface area (Å²) >= 11 is 13.0. The highest BCUT2D eigenvalue weighted by Gasteiger charge is 2.21. The number of benzene rings is 1. The fraction of sp³-hybridized carbons (Fsp3) is 0.455. The van der Waals surface area contributed by atoms with Crippen LogP contribution in [0.3, 0.4) is 0 Å². The maximum absolute atomic E-state index is 12.4. The number of piperidine rings is 1. The van der Waals surface area contributed by atoms with Gasteiger partial charge in [-0.05, 0) is 44.9 Å². The maximum atomic E-state index is 12.4. The van der Waals surface area contributed by atoms with E-state index < -0.39 is 0 Å². The number of ether oxygens (including phenoxy) is 1. The van der Waals surface area contributed by atoms with Gasteiger partial charge in [-0.1, -0.05) is 46.7 Å². The van der Waals surface area contributed by atoms with Gasteiger partial charge in [-0.2, -0.15) is 0 Å². The lowest BCUT2D eigenvalue weighted by Crippen LogP contribution is -2.39. The van der Waals surface area contributed by atoms with E-state index in [-0.39, 0.29) is 16.9 Å². The molecule has 1 fully saturated rings. The number of hydrogen-bond donors (Lipinski definition) is 2. The molecular formula is C22H27Cl2N3O3S. The van der Waals surface area contributed by atoms with E-state index in [9.17, 15) is 9.59 Å². The molecule has 2 aromatic rings. The van der Waals surface area contributed by atoms with Crippen molar-refractivity contribution in [3.05, 3.63) is 60.6 Å². The minimum atomic E-state index is -0.199. The normalized spacial score (nSPS) is 15.5. The van der Waals surface area contributed by atoms with Crippen molar-refractivity contribution in [1.29, 1.82) is 0 Å². The van der Waals surface area contributed by atoms with Crippen LogP contribution in [0.4, 0.5) is 0 Å². The second-order valence-electron chi connectivity index (χ2n) is 7.44. The Hall–Kier alpha value is -1.80. The van der Waals surface area contributed by atoms with Crippen LogP contribution in [0.25, 0.3) is 0 Å². The maximum Gasteiger partial charge on any atom is 0.305 e. The summed E-state index contributed by atoms with van der Waals surface area (Å²) in [6, 6.07) is 5.34. The van der Waals surface area contributed by atoms with E-state index >= 15 is 0 Å². The van der Waals surface area contributed by atoms with Crippen LogP contribution in [0.5, 0.6) is 5.75 Å². The minimum absolute atomic E-state index is 0.167. The van der Waals surface area contributed by atoms with Crippen molar-refractivity contribution in [3.63, 3.8) is 0 Å². The van der Waals surface area contributed by atoms with Gasteiger partial charge in [0.15, 0.2) is 0 Å². The summed E-state index contributed by atoms with van der Waals surface area (Å²) in [6.45, 7) is 5.30. The zero-order chi connectivity index (χ0) is 22.2. The summed E-state index contributed by atoms with van der Waals surface area (Å²) in [5.74, 6) is 0.563. The molecule has 2 N–H and O–H groups in total. The lowest BCUT2D eigenvalue weighted by Gasteiger charge is -2.32. The highest BCUT2D eigenvalue weighted by Crippen LogP contribution is 2.28. The fourth-order valence-corrected chi connectivity index (χ4v) is 4.57. The molecule has 168 valence electrons. The number of nitrogens with one attached hydrogen (secondary N) is 2. The molecular weight excluding hydrogens is 457 g/mol. The molecule has 0 aliphatic carbocycles. The fourth-order valence-electron chi connectivity index (χ4n) is 3.50. The molecule has 0 spiro atoms. The summed E-state index contributed by atoms with van der Waals surface area (Å²) in [4.78, 5) is 29.4. The molecule has 0 saturated carbocycles. The van der Waals surface area contributed by atoms with E-state index in [1.807, 2.05) is 25.1 Å². The number of rotatable bonds is 9. The van der Waals surface area contributed by atoms with E-state index in [2.05, 4.69) is 15.2 Å². The van der Waals surface area contributed by atoms with E-state index in [1.165, 1.54) is 0 Å². The first-order valence-corrected chi connectivity index (χ1v) is 12.0. The lowest BCUT2D eigenvalue weighted by atomic mass is 10.1. The second kappa shape index (κ2) is 11.7. The molecule has 3 rings (SSSR count). The van der Waals surface area contributed by atoms with Gasteiger partial charge >= 0.3 is 4.87 Å². The average molecular weight is 484 g/mol. The Morgan fingerprint density at radius 2 is 2.10 bits per heavy atom. The monoisotopic (exact) mass is 483 g/mol. The molecule has 1 aromatic carbocycles. The van der Waals surface area contributed by atoms with Crippen molar-refractivity contribution in [2.75, 3.05) is 26.2 Å². The Morgan fingerprint density at radius 3 is 2.81 bits per heavy atom. The SMILES string of the molecule is C/C=C\Cc1[nH]c(=O)sc1C(=O)NCCCN1CCC(Oc2ccc(Cl)c(Cl)c2)CC1. The Labute approximate surface area is 196 Å². The topological polar surface area (TPSA) is 74.4 Å². The standard InChI is InChI=1S/C22H27Cl2N3O3S/c1-2-3-5-19-20(31-22(29)26-19)21(28)25-10-4-11-27-12-8-15(9-13-27)30-16-6-7-17(23)18(24)14-16/h2-3,6-7,14-15H,4-5,8-13H2,1H3,(H,25,28)(H,26,29)/b3-2-. The first kappa shape index (κ1) is 23.9. The number of halogens is 2. The van der Waals surface area contributed by atoms with Gasteiger partial charge in [0.25, 0.3) is 5.91 Å². The number of carbonyl (C=O) groups excluding carboxylic acids is 1. The molecule has 0 bridgehead atoms. The summed E-state index contributed by atoms with van der Waals surface area (Å²) in [7, 11) is 0. The van der Waals surface area contributed by atoms with Gasteiger partial charge in [-0.3, -0.25) is 9.59 Å². The molecule has 1 amide bonds. The van der Waals surface area contributed by atoms with Crippen molar-refractivity contribution < 1.29 is 9.53 Å². The summed E-state index contributed by atoms with van der Waals surface area (Å²) < 4.78 is 6.03. The van der Waals surface area contributed by atoms with Crippen LogP contribution < -0.4 is 14.9 Å². The lowest BCUT2D eigenvalue weighted by molar-refractivity contribution is 0.0938. The largest absolute Gasteiger partial charge is 0.490 e. The van der Waals surface area contributed by atoms with Crippen molar-refractivity contribution in [2.24, 2.45) is 0 Å². The van der Waals surface area contributed by atoms with Crippen molar-refractivity contribution in [1.82, 2.24) is 15.2 Å². The molecule has 0 radical (unpaired) electrons. The van der Waals surface area contributed by atoms with Crippen molar-refractivity contribution in [2.45, 2.75) is 38.7 Å². The van der Waals surface area contributed by atoms with Gasteiger partial charge in [0, 0.05) is 37.8 Å². The number of nitrogens with zero attached hydrogens (tertiary/aromatic N) is 1. The molecule has 31 heavy (non-hydrogen) atoms. The predicted molar refractivity (Wildman–Crippen MR) is 127 cm³/mol.